The van der Waals surface area contributed by atoms with Gasteiger partial charge in [-0.1, -0.05) is 39.1 Å². The molecule has 7 heteroatoms. The first kappa shape index (κ1) is 16.6. The monoisotopic (exact) mass is 452 g/mol. The minimum atomic E-state index is -0.555. The topological polar surface area (TPSA) is 35.5 Å². The fourth-order valence-corrected chi connectivity index (χ4v) is 2.95. The molecule has 110 valence electrons. The minimum absolute atomic E-state index is 0.243. The van der Waals surface area contributed by atoms with Gasteiger partial charge in [0, 0.05) is 9.50 Å². The summed E-state index contributed by atoms with van der Waals surface area (Å²) in [6.45, 7) is -0.243. The lowest BCUT2D eigenvalue weighted by atomic mass is 10.3. The molecule has 3 nitrogen and oxygen atoms in total. The standard InChI is InChI=1S/C14H8Br2Cl2O3/c15-8-1-3-13(11(18)5-8)21-14(19)7-20-12-4-2-9(17)6-10(12)16/h1-6H,7H2. The number of hydrogen-bond acceptors (Lipinski definition) is 3. The van der Waals surface area contributed by atoms with Crippen LogP contribution >= 0.6 is 55.1 Å². The Labute approximate surface area is 148 Å². The number of halogens is 4. The zero-order chi connectivity index (χ0) is 15.4. The van der Waals surface area contributed by atoms with Gasteiger partial charge in [0.2, 0.25) is 0 Å². The lowest BCUT2D eigenvalue weighted by Crippen LogP contribution is -2.18. The van der Waals surface area contributed by atoms with Crippen molar-refractivity contribution in [3.8, 4) is 11.5 Å². The van der Waals surface area contributed by atoms with Crippen LogP contribution in [-0.4, -0.2) is 12.6 Å². The van der Waals surface area contributed by atoms with Gasteiger partial charge in [-0.15, -0.1) is 0 Å². The minimum Gasteiger partial charge on any atom is -0.481 e. The van der Waals surface area contributed by atoms with Gasteiger partial charge in [-0.25, -0.2) is 4.79 Å². The molecule has 2 aromatic rings. The van der Waals surface area contributed by atoms with Gasteiger partial charge in [0.05, 0.1) is 9.50 Å². The second kappa shape index (κ2) is 7.49. The number of rotatable bonds is 4. The molecule has 0 saturated heterocycles. The van der Waals surface area contributed by atoms with Crippen LogP contribution in [0, 0.1) is 0 Å². The van der Waals surface area contributed by atoms with E-state index >= 15 is 0 Å². The molecule has 0 aliphatic heterocycles. The highest BCUT2D eigenvalue weighted by molar-refractivity contribution is 9.10. The highest BCUT2D eigenvalue weighted by atomic mass is 79.9. The Bertz CT molecular complexity index is 677. The van der Waals surface area contributed by atoms with Crippen molar-refractivity contribution in [1.29, 1.82) is 0 Å². The second-order valence-electron chi connectivity index (χ2n) is 3.91. The Morgan fingerprint density at radius 3 is 2.43 bits per heavy atom. The van der Waals surface area contributed by atoms with Gasteiger partial charge >= 0.3 is 5.97 Å². The van der Waals surface area contributed by atoms with Crippen LogP contribution in [-0.2, 0) is 4.79 Å². The molecule has 21 heavy (non-hydrogen) atoms. The van der Waals surface area contributed by atoms with E-state index in [0.29, 0.717) is 20.3 Å². The first-order valence-electron chi connectivity index (χ1n) is 5.69. The molecule has 0 aliphatic rings. The highest BCUT2D eigenvalue weighted by Gasteiger charge is 2.11. The van der Waals surface area contributed by atoms with Crippen LogP contribution in [0.15, 0.2) is 45.3 Å². The molecular formula is C14H8Br2Cl2O3. The first-order chi connectivity index (χ1) is 9.95. The van der Waals surface area contributed by atoms with Crippen molar-refractivity contribution in [3.63, 3.8) is 0 Å². The van der Waals surface area contributed by atoms with E-state index in [1.807, 2.05) is 0 Å². The normalized spacial score (nSPS) is 10.3. The third kappa shape index (κ3) is 4.88. The maximum absolute atomic E-state index is 11.7. The van der Waals surface area contributed by atoms with Crippen LogP contribution in [0.2, 0.25) is 10.0 Å². The van der Waals surface area contributed by atoms with Crippen molar-refractivity contribution >= 4 is 61.0 Å². The van der Waals surface area contributed by atoms with Crippen LogP contribution in [0.4, 0.5) is 0 Å². The zero-order valence-corrected chi connectivity index (χ0v) is 15.1. The lowest BCUT2D eigenvalue weighted by molar-refractivity contribution is -0.136. The molecule has 0 fully saturated rings. The summed E-state index contributed by atoms with van der Waals surface area (Å²) in [4.78, 5) is 11.7. The Morgan fingerprint density at radius 1 is 1.05 bits per heavy atom. The summed E-state index contributed by atoms with van der Waals surface area (Å²) in [6.07, 6.45) is 0. The molecule has 0 radical (unpaired) electrons. The summed E-state index contributed by atoms with van der Waals surface area (Å²) >= 11 is 18.4. The van der Waals surface area contributed by atoms with Crippen LogP contribution in [0.5, 0.6) is 11.5 Å². The Morgan fingerprint density at radius 2 is 1.76 bits per heavy atom. The summed E-state index contributed by atoms with van der Waals surface area (Å²) in [5, 5.41) is 0.906. The smallest absolute Gasteiger partial charge is 0.349 e. The summed E-state index contributed by atoms with van der Waals surface area (Å²) in [5.74, 6) is 0.225. The number of esters is 1. The van der Waals surface area contributed by atoms with Gasteiger partial charge in [0.1, 0.15) is 11.5 Å². The average Bonchev–Trinajstić information content (AvgIpc) is 2.41. The molecule has 0 N–H and O–H groups in total. The number of hydrogen-bond donors (Lipinski definition) is 0. The molecule has 0 spiro atoms. The summed E-state index contributed by atoms with van der Waals surface area (Å²) in [5.41, 5.74) is 0. The van der Waals surface area contributed by atoms with Crippen molar-refractivity contribution < 1.29 is 14.3 Å². The van der Waals surface area contributed by atoms with E-state index in [-0.39, 0.29) is 12.4 Å². The van der Waals surface area contributed by atoms with E-state index in [9.17, 15) is 4.79 Å². The Kier molecular flexibility index (Phi) is 5.93. The quantitative estimate of drug-likeness (QED) is 0.452. The number of carbonyl (C=O) groups excluding carboxylic acids is 1. The van der Waals surface area contributed by atoms with E-state index in [0.717, 1.165) is 4.47 Å². The predicted molar refractivity (Wildman–Crippen MR) is 89.4 cm³/mol. The van der Waals surface area contributed by atoms with Crippen LogP contribution in [0.1, 0.15) is 0 Å². The zero-order valence-electron chi connectivity index (χ0n) is 10.4. The number of carbonyl (C=O) groups is 1. The molecular weight excluding hydrogens is 447 g/mol. The van der Waals surface area contributed by atoms with Gasteiger partial charge in [-0.2, -0.15) is 0 Å². The summed E-state index contributed by atoms with van der Waals surface area (Å²) in [6, 6.07) is 9.97. The maximum Gasteiger partial charge on any atom is 0.349 e. The molecule has 2 rings (SSSR count). The fraction of sp³-hybridized carbons (Fsp3) is 0.0714. The third-order valence-electron chi connectivity index (χ3n) is 2.36. The van der Waals surface area contributed by atoms with Crippen molar-refractivity contribution in [3.05, 3.63) is 55.4 Å². The van der Waals surface area contributed by atoms with Crippen molar-refractivity contribution in [2.45, 2.75) is 0 Å². The van der Waals surface area contributed by atoms with Crippen molar-refractivity contribution in [2.75, 3.05) is 6.61 Å². The summed E-state index contributed by atoms with van der Waals surface area (Å²) in [7, 11) is 0. The number of benzene rings is 2. The molecule has 0 aromatic heterocycles. The Balaban J connectivity index is 1.96. The Hall–Kier alpha value is -0.750. The molecule has 2 aromatic carbocycles. The van der Waals surface area contributed by atoms with E-state index in [2.05, 4.69) is 31.9 Å². The van der Waals surface area contributed by atoms with Crippen LogP contribution in [0.3, 0.4) is 0 Å². The van der Waals surface area contributed by atoms with Gasteiger partial charge in [0.25, 0.3) is 0 Å². The predicted octanol–water partition coefficient (Wildman–Crippen LogP) is 5.50. The van der Waals surface area contributed by atoms with Gasteiger partial charge in [0.15, 0.2) is 6.61 Å². The van der Waals surface area contributed by atoms with E-state index in [1.165, 1.54) is 0 Å². The highest BCUT2D eigenvalue weighted by Crippen LogP contribution is 2.29. The number of ether oxygens (including phenoxy) is 2. The van der Waals surface area contributed by atoms with Gasteiger partial charge in [-0.05, 0) is 52.3 Å². The fourth-order valence-electron chi connectivity index (χ4n) is 1.44. The van der Waals surface area contributed by atoms with Crippen molar-refractivity contribution in [2.24, 2.45) is 0 Å². The first-order valence-corrected chi connectivity index (χ1v) is 8.03. The van der Waals surface area contributed by atoms with E-state index in [1.54, 1.807) is 36.4 Å². The van der Waals surface area contributed by atoms with E-state index in [4.69, 9.17) is 32.7 Å². The SMILES string of the molecule is O=C(COc1ccc(Cl)cc1Br)Oc1ccc(Br)cc1Cl. The van der Waals surface area contributed by atoms with E-state index < -0.39 is 5.97 Å². The third-order valence-corrected chi connectivity index (χ3v) is 4.00. The molecule has 0 bridgehead atoms. The maximum atomic E-state index is 11.7. The molecule has 0 atom stereocenters. The van der Waals surface area contributed by atoms with Crippen LogP contribution in [0.25, 0.3) is 0 Å². The van der Waals surface area contributed by atoms with Gasteiger partial charge < -0.3 is 9.47 Å². The molecule has 0 amide bonds. The molecule has 0 saturated carbocycles. The van der Waals surface area contributed by atoms with Crippen molar-refractivity contribution in [1.82, 2.24) is 0 Å². The summed E-state index contributed by atoms with van der Waals surface area (Å²) < 4.78 is 11.9. The molecule has 0 unspecified atom stereocenters. The molecule has 0 heterocycles. The molecule has 0 aliphatic carbocycles. The largest absolute Gasteiger partial charge is 0.481 e. The van der Waals surface area contributed by atoms with Gasteiger partial charge in [-0.3, -0.25) is 0 Å². The second-order valence-corrected chi connectivity index (χ2v) is 6.53. The lowest BCUT2D eigenvalue weighted by Gasteiger charge is -2.09. The van der Waals surface area contributed by atoms with Crippen LogP contribution < -0.4 is 9.47 Å². The average molecular weight is 455 g/mol.